The van der Waals surface area contributed by atoms with Gasteiger partial charge in [-0.1, -0.05) is 55.5 Å². The van der Waals surface area contributed by atoms with Gasteiger partial charge >= 0.3 is 0 Å². The second-order valence-electron chi connectivity index (χ2n) is 10.1. The van der Waals surface area contributed by atoms with E-state index in [0.717, 1.165) is 0 Å². The SMILES string of the molecule is C1CCC1.C=CC(=O)NC1COCC1Nc1ncc2cc(-c3c(Cl)c(OC)cc(OC)c3Cl)c(=O)n(C(C)C)c2n1. The van der Waals surface area contributed by atoms with Gasteiger partial charge in [-0.2, -0.15) is 4.98 Å². The smallest absolute Gasteiger partial charge is 0.260 e. The van der Waals surface area contributed by atoms with E-state index in [1.54, 1.807) is 22.9 Å². The normalized spacial score (nSPS) is 17.8. The van der Waals surface area contributed by atoms with Crippen LogP contribution in [-0.2, 0) is 9.53 Å². The minimum Gasteiger partial charge on any atom is -0.495 e. The maximum atomic E-state index is 13.8. The molecule has 0 bridgehead atoms. The molecule has 2 aromatic heterocycles. The Morgan fingerprint density at radius 2 is 1.71 bits per heavy atom. The molecule has 0 radical (unpaired) electrons. The highest BCUT2D eigenvalue weighted by atomic mass is 35.5. The van der Waals surface area contributed by atoms with Crippen molar-refractivity contribution in [2.24, 2.45) is 0 Å². The van der Waals surface area contributed by atoms with Crippen molar-refractivity contribution < 1.29 is 19.0 Å². The van der Waals surface area contributed by atoms with Crippen molar-refractivity contribution in [3.05, 3.63) is 51.4 Å². The standard InChI is InChI=1S/C25H27Cl2N5O5.C4H8/c1-6-19(33)29-15-10-37-11-16(15)30-25-28-9-13-7-14(24(34)32(12(2)3)23(13)31-25)20-21(26)17(35-4)8-18(36-5)22(20)27;1-2-4-3-1/h6-9,12,15-16H,1,10-11H2,2-5H3,(H,29,33)(H,28,30,31);1-4H2. The Hall–Kier alpha value is -3.34. The molecule has 2 aliphatic rings. The number of aromatic nitrogens is 3. The number of ether oxygens (including phenoxy) is 3. The Balaban J connectivity index is 0.000000890. The Bertz CT molecular complexity index is 1460. The summed E-state index contributed by atoms with van der Waals surface area (Å²) in [6.07, 6.45) is 8.82. The molecule has 1 saturated carbocycles. The summed E-state index contributed by atoms with van der Waals surface area (Å²) < 4.78 is 17.8. The van der Waals surface area contributed by atoms with Crippen LogP contribution in [0.3, 0.4) is 0 Å². The number of methoxy groups -OCH3 is 2. The van der Waals surface area contributed by atoms with E-state index in [0.29, 0.717) is 47.3 Å². The molecule has 2 N–H and O–H groups in total. The number of hydrogen-bond donors (Lipinski definition) is 2. The number of halogens is 2. The van der Waals surface area contributed by atoms with Crippen molar-refractivity contribution in [3.8, 4) is 22.6 Å². The van der Waals surface area contributed by atoms with Gasteiger partial charge in [0.05, 0.1) is 55.1 Å². The largest absolute Gasteiger partial charge is 0.495 e. The van der Waals surface area contributed by atoms with Crippen LogP contribution in [0.5, 0.6) is 11.5 Å². The van der Waals surface area contributed by atoms with Crippen molar-refractivity contribution in [2.75, 3.05) is 32.8 Å². The summed E-state index contributed by atoms with van der Waals surface area (Å²) in [6.45, 7) is 7.93. The van der Waals surface area contributed by atoms with Gasteiger partial charge in [0.1, 0.15) is 17.1 Å². The van der Waals surface area contributed by atoms with Gasteiger partial charge in [-0.15, -0.1) is 0 Å². The molecule has 1 saturated heterocycles. The summed E-state index contributed by atoms with van der Waals surface area (Å²) in [4.78, 5) is 34.6. The number of carbonyl (C=O) groups excluding carboxylic acids is 1. The van der Waals surface area contributed by atoms with Gasteiger partial charge in [0.15, 0.2) is 0 Å². The van der Waals surface area contributed by atoms with Crippen LogP contribution < -0.4 is 25.7 Å². The first-order valence-electron chi connectivity index (χ1n) is 13.5. The van der Waals surface area contributed by atoms with Crippen molar-refractivity contribution in [1.29, 1.82) is 0 Å². The average molecular weight is 605 g/mol. The number of fused-ring (bicyclic) bond motifs is 1. The number of nitrogens with one attached hydrogen (secondary N) is 2. The van der Waals surface area contributed by atoms with Crippen LogP contribution in [0.2, 0.25) is 10.0 Å². The molecule has 2 atom stereocenters. The summed E-state index contributed by atoms with van der Waals surface area (Å²) in [5, 5.41) is 7.01. The second kappa shape index (κ2) is 13.5. The summed E-state index contributed by atoms with van der Waals surface area (Å²) in [7, 11) is 2.94. The van der Waals surface area contributed by atoms with Gasteiger partial charge in [0.25, 0.3) is 5.56 Å². The molecule has 220 valence electrons. The van der Waals surface area contributed by atoms with Gasteiger partial charge in [-0.3, -0.25) is 14.2 Å². The Kier molecular flexibility index (Phi) is 10.1. The van der Waals surface area contributed by atoms with E-state index in [2.05, 4.69) is 27.2 Å². The molecule has 12 heteroatoms. The quantitative estimate of drug-likeness (QED) is 0.328. The third-order valence-electron chi connectivity index (χ3n) is 7.04. The molecular weight excluding hydrogens is 569 g/mol. The number of amides is 1. The maximum absolute atomic E-state index is 13.8. The monoisotopic (exact) mass is 603 g/mol. The topological polar surface area (TPSA) is 117 Å². The molecule has 0 spiro atoms. The summed E-state index contributed by atoms with van der Waals surface area (Å²) >= 11 is 13.2. The predicted molar refractivity (Wildman–Crippen MR) is 162 cm³/mol. The third kappa shape index (κ3) is 6.60. The first-order valence-corrected chi connectivity index (χ1v) is 14.3. The zero-order chi connectivity index (χ0) is 29.7. The minimum absolute atomic E-state index is 0.188. The van der Waals surface area contributed by atoms with Crippen LogP contribution in [0.15, 0.2) is 35.8 Å². The van der Waals surface area contributed by atoms with Crippen molar-refractivity contribution >= 4 is 46.1 Å². The van der Waals surface area contributed by atoms with E-state index in [4.69, 9.17) is 37.4 Å². The molecule has 2 fully saturated rings. The molecule has 10 nitrogen and oxygen atoms in total. The number of anilines is 1. The predicted octanol–water partition coefficient (Wildman–Crippen LogP) is 5.41. The highest BCUT2D eigenvalue weighted by Crippen LogP contribution is 2.45. The molecule has 1 amide bonds. The summed E-state index contributed by atoms with van der Waals surface area (Å²) in [6, 6.07) is 2.41. The zero-order valence-electron chi connectivity index (χ0n) is 23.6. The first-order chi connectivity index (χ1) is 19.7. The third-order valence-corrected chi connectivity index (χ3v) is 7.79. The fourth-order valence-electron chi connectivity index (χ4n) is 4.47. The minimum atomic E-state index is -0.341. The molecule has 1 aromatic carbocycles. The van der Waals surface area contributed by atoms with Gasteiger partial charge in [-0.25, -0.2) is 4.98 Å². The van der Waals surface area contributed by atoms with E-state index in [1.165, 1.54) is 46.0 Å². The fraction of sp³-hybridized carbons (Fsp3) is 0.448. The molecule has 1 aliphatic heterocycles. The lowest BCUT2D eigenvalue weighted by atomic mass is 10.0. The van der Waals surface area contributed by atoms with E-state index in [9.17, 15) is 9.59 Å². The van der Waals surface area contributed by atoms with Crippen LogP contribution in [0.1, 0.15) is 45.6 Å². The van der Waals surface area contributed by atoms with Crippen LogP contribution >= 0.6 is 23.2 Å². The summed E-state index contributed by atoms with van der Waals surface area (Å²) in [5.74, 6) is 0.637. The molecule has 2 unspecified atom stereocenters. The molecule has 3 aromatic rings. The Morgan fingerprint density at radius 1 is 1.10 bits per heavy atom. The van der Waals surface area contributed by atoms with Gasteiger partial charge < -0.3 is 24.8 Å². The maximum Gasteiger partial charge on any atom is 0.260 e. The number of nitrogens with zero attached hydrogens (tertiary/aromatic N) is 3. The number of rotatable bonds is 8. The van der Waals surface area contributed by atoms with E-state index in [-0.39, 0.29) is 45.2 Å². The fourth-order valence-corrected chi connectivity index (χ4v) is 5.17. The van der Waals surface area contributed by atoms with E-state index in [1.807, 2.05) is 13.8 Å². The van der Waals surface area contributed by atoms with E-state index < -0.39 is 0 Å². The second-order valence-corrected chi connectivity index (χ2v) is 10.9. The van der Waals surface area contributed by atoms with Crippen LogP contribution in [0.25, 0.3) is 22.2 Å². The Labute approximate surface area is 249 Å². The highest BCUT2D eigenvalue weighted by molar-refractivity contribution is 6.41. The lowest BCUT2D eigenvalue weighted by Crippen LogP contribution is -2.45. The molecular formula is C29H35Cl2N5O5. The number of pyridine rings is 1. The van der Waals surface area contributed by atoms with Crippen molar-refractivity contribution in [3.63, 3.8) is 0 Å². The van der Waals surface area contributed by atoms with Crippen molar-refractivity contribution in [1.82, 2.24) is 19.9 Å². The molecule has 5 rings (SSSR count). The Morgan fingerprint density at radius 3 is 2.24 bits per heavy atom. The lowest BCUT2D eigenvalue weighted by Gasteiger charge is -2.21. The van der Waals surface area contributed by atoms with Crippen LogP contribution in [0.4, 0.5) is 5.95 Å². The van der Waals surface area contributed by atoms with Gasteiger partial charge in [0, 0.05) is 29.3 Å². The number of hydrogen-bond acceptors (Lipinski definition) is 8. The molecule has 1 aliphatic carbocycles. The average Bonchev–Trinajstić information content (AvgIpc) is 3.34. The lowest BCUT2D eigenvalue weighted by molar-refractivity contribution is -0.117. The van der Waals surface area contributed by atoms with Gasteiger partial charge in [-0.05, 0) is 26.0 Å². The number of carbonyl (C=O) groups is 1. The first kappa shape index (κ1) is 30.6. The van der Waals surface area contributed by atoms with E-state index >= 15 is 0 Å². The highest BCUT2D eigenvalue weighted by Gasteiger charge is 2.30. The number of benzene rings is 1. The summed E-state index contributed by atoms with van der Waals surface area (Å²) in [5.41, 5.74) is 0.640. The zero-order valence-corrected chi connectivity index (χ0v) is 25.1. The van der Waals surface area contributed by atoms with Gasteiger partial charge in [0.2, 0.25) is 11.9 Å². The van der Waals surface area contributed by atoms with Crippen molar-refractivity contribution in [2.45, 2.75) is 57.7 Å². The van der Waals surface area contributed by atoms with Crippen LogP contribution in [-0.4, -0.2) is 60.0 Å². The molecule has 41 heavy (non-hydrogen) atoms. The molecule has 3 heterocycles. The van der Waals surface area contributed by atoms with Crippen LogP contribution in [0, 0.1) is 0 Å².